The zero-order valence-electron chi connectivity index (χ0n) is 17.5. The Bertz CT molecular complexity index is 655. The molecule has 28 heavy (non-hydrogen) atoms. The summed E-state index contributed by atoms with van der Waals surface area (Å²) in [5.74, 6) is 1.26. The van der Waals surface area contributed by atoms with Crippen molar-refractivity contribution in [1.82, 2.24) is 4.90 Å². The molecule has 0 aromatic heterocycles. The Labute approximate surface area is 180 Å². The Hall–Kier alpha value is -1.06. The van der Waals surface area contributed by atoms with Gasteiger partial charge in [-0.2, -0.15) is 0 Å². The Morgan fingerprint density at radius 1 is 0.786 bits per heavy atom. The van der Waals surface area contributed by atoms with Crippen LogP contribution < -0.4 is 0 Å². The Kier molecular flexibility index (Phi) is 8.82. The lowest BCUT2D eigenvalue weighted by molar-refractivity contribution is 0.0636. The second kappa shape index (κ2) is 10.6. The summed E-state index contributed by atoms with van der Waals surface area (Å²) < 4.78 is 0. The average Bonchev–Trinajstić information content (AvgIpc) is 2.61. The van der Waals surface area contributed by atoms with Crippen molar-refractivity contribution in [2.24, 2.45) is 11.8 Å². The van der Waals surface area contributed by atoms with Crippen LogP contribution in [0.2, 0.25) is 10.0 Å². The molecule has 0 amide bonds. The lowest BCUT2D eigenvalue weighted by Gasteiger charge is -2.32. The van der Waals surface area contributed by atoms with Crippen LogP contribution in [0.3, 0.4) is 0 Å². The van der Waals surface area contributed by atoms with Gasteiger partial charge in [-0.3, -0.25) is 0 Å². The third-order valence-corrected chi connectivity index (χ3v) is 5.41. The van der Waals surface area contributed by atoms with Gasteiger partial charge in [-0.15, -0.1) is 0 Å². The van der Waals surface area contributed by atoms with Crippen LogP contribution >= 0.6 is 23.2 Å². The Morgan fingerprint density at radius 3 is 1.54 bits per heavy atom. The zero-order valence-corrected chi connectivity index (χ0v) is 19.0. The SMILES string of the molecule is CC(C)CN(CCCC(O)(c1ccc(Cl)cc1)c1ccc(Cl)cc1)CC(C)C. The van der Waals surface area contributed by atoms with Crippen LogP contribution in [0.15, 0.2) is 48.5 Å². The smallest absolute Gasteiger partial charge is 0.115 e. The van der Waals surface area contributed by atoms with Crippen molar-refractivity contribution in [2.75, 3.05) is 19.6 Å². The molecule has 0 atom stereocenters. The molecule has 2 aromatic carbocycles. The van der Waals surface area contributed by atoms with Crippen LogP contribution in [-0.4, -0.2) is 29.6 Å². The lowest BCUT2D eigenvalue weighted by Crippen LogP contribution is -2.34. The normalized spacial score (nSPS) is 12.4. The van der Waals surface area contributed by atoms with Crippen LogP contribution in [0.25, 0.3) is 0 Å². The van der Waals surface area contributed by atoms with Crippen molar-refractivity contribution in [3.63, 3.8) is 0 Å². The summed E-state index contributed by atoms with van der Waals surface area (Å²) in [5, 5.41) is 13.0. The van der Waals surface area contributed by atoms with E-state index in [1.54, 1.807) is 0 Å². The molecule has 4 heteroatoms. The summed E-state index contributed by atoms with van der Waals surface area (Å²) in [7, 11) is 0. The third kappa shape index (κ3) is 6.77. The number of hydrogen-bond donors (Lipinski definition) is 1. The molecule has 0 aliphatic rings. The largest absolute Gasteiger partial charge is 0.380 e. The Balaban J connectivity index is 2.20. The highest BCUT2D eigenvalue weighted by Crippen LogP contribution is 2.35. The number of rotatable bonds is 10. The summed E-state index contributed by atoms with van der Waals surface area (Å²) in [6.45, 7) is 12.2. The van der Waals surface area contributed by atoms with Crippen LogP contribution in [0.5, 0.6) is 0 Å². The van der Waals surface area contributed by atoms with Crippen molar-refractivity contribution in [3.05, 3.63) is 69.7 Å². The van der Waals surface area contributed by atoms with E-state index >= 15 is 0 Å². The van der Waals surface area contributed by atoms with Gasteiger partial charge in [-0.1, -0.05) is 75.2 Å². The first-order valence-corrected chi connectivity index (χ1v) is 10.9. The summed E-state index contributed by atoms with van der Waals surface area (Å²) in [4.78, 5) is 2.51. The van der Waals surface area contributed by atoms with E-state index in [2.05, 4.69) is 32.6 Å². The standard InChI is InChI=1S/C24H33Cl2NO/c1-18(2)16-27(17-19(3)4)15-5-14-24(28,20-6-10-22(25)11-7-20)21-8-12-23(26)13-9-21/h6-13,18-19,28H,5,14-17H2,1-4H3. The quantitative estimate of drug-likeness (QED) is 0.465. The van der Waals surface area contributed by atoms with E-state index < -0.39 is 5.60 Å². The van der Waals surface area contributed by atoms with E-state index in [1.165, 1.54) is 0 Å². The van der Waals surface area contributed by atoms with E-state index in [9.17, 15) is 5.11 Å². The first kappa shape index (κ1) is 23.2. The number of aliphatic hydroxyl groups is 1. The van der Waals surface area contributed by atoms with Crippen LogP contribution in [0, 0.1) is 11.8 Å². The molecule has 0 aliphatic heterocycles. The molecule has 0 aliphatic carbocycles. The van der Waals surface area contributed by atoms with Gasteiger partial charge in [-0.05, 0) is 66.6 Å². The monoisotopic (exact) mass is 421 g/mol. The van der Waals surface area contributed by atoms with E-state index in [1.807, 2.05) is 48.5 Å². The highest BCUT2D eigenvalue weighted by molar-refractivity contribution is 6.30. The van der Waals surface area contributed by atoms with Crippen LogP contribution in [0.1, 0.15) is 51.7 Å². The molecule has 2 rings (SSSR count). The Morgan fingerprint density at radius 2 is 1.18 bits per heavy atom. The van der Waals surface area contributed by atoms with Crippen molar-refractivity contribution in [3.8, 4) is 0 Å². The molecular weight excluding hydrogens is 389 g/mol. The number of halogens is 2. The minimum absolute atomic E-state index is 0.630. The molecule has 0 radical (unpaired) electrons. The maximum Gasteiger partial charge on any atom is 0.115 e. The van der Waals surface area contributed by atoms with Gasteiger partial charge in [0.25, 0.3) is 0 Å². The maximum absolute atomic E-state index is 11.7. The molecular formula is C24H33Cl2NO. The van der Waals surface area contributed by atoms with E-state index in [0.717, 1.165) is 37.2 Å². The molecule has 0 spiro atoms. The lowest BCUT2D eigenvalue weighted by atomic mass is 9.82. The number of benzene rings is 2. The van der Waals surface area contributed by atoms with Gasteiger partial charge >= 0.3 is 0 Å². The fourth-order valence-corrected chi connectivity index (χ4v) is 4.01. The summed E-state index contributed by atoms with van der Waals surface area (Å²) in [6, 6.07) is 15.0. The molecule has 1 N–H and O–H groups in total. The molecule has 2 aromatic rings. The second-order valence-electron chi connectivity index (χ2n) is 8.52. The minimum atomic E-state index is -1.06. The fourth-order valence-electron chi connectivity index (χ4n) is 3.75. The molecule has 0 fully saturated rings. The first-order chi connectivity index (χ1) is 13.2. The summed E-state index contributed by atoms with van der Waals surface area (Å²) in [5.41, 5.74) is 0.660. The fraction of sp³-hybridized carbons (Fsp3) is 0.500. The molecule has 2 nitrogen and oxygen atoms in total. The maximum atomic E-state index is 11.7. The van der Waals surface area contributed by atoms with E-state index in [4.69, 9.17) is 23.2 Å². The van der Waals surface area contributed by atoms with Gasteiger partial charge in [0.05, 0.1) is 0 Å². The van der Waals surface area contributed by atoms with Crippen molar-refractivity contribution < 1.29 is 5.11 Å². The summed E-state index contributed by atoms with van der Waals surface area (Å²) in [6.07, 6.45) is 1.55. The van der Waals surface area contributed by atoms with Gasteiger partial charge < -0.3 is 10.0 Å². The van der Waals surface area contributed by atoms with Gasteiger partial charge in [0, 0.05) is 23.1 Å². The molecule has 154 valence electrons. The van der Waals surface area contributed by atoms with Gasteiger partial charge in [0.15, 0.2) is 0 Å². The molecule has 0 heterocycles. The topological polar surface area (TPSA) is 23.5 Å². The number of hydrogen-bond acceptors (Lipinski definition) is 2. The third-order valence-electron chi connectivity index (χ3n) is 4.90. The van der Waals surface area contributed by atoms with Crippen molar-refractivity contribution in [2.45, 2.75) is 46.1 Å². The van der Waals surface area contributed by atoms with Crippen LogP contribution in [0.4, 0.5) is 0 Å². The van der Waals surface area contributed by atoms with E-state index in [-0.39, 0.29) is 0 Å². The zero-order chi connectivity index (χ0) is 20.7. The van der Waals surface area contributed by atoms with Crippen molar-refractivity contribution >= 4 is 23.2 Å². The molecule has 0 saturated carbocycles. The molecule has 0 bridgehead atoms. The summed E-state index contributed by atoms with van der Waals surface area (Å²) >= 11 is 12.1. The first-order valence-electron chi connectivity index (χ1n) is 10.2. The second-order valence-corrected chi connectivity index (χ2v) is 9.40. The van der Waals surface area contributed by atoms with Crippen LogP contribution in [-0.2, 0) is 5.60 Å². The molecule has 0 saturated heterocycles. The predicted octanol–water partition coefficient (Wildman–Crippen LogP) is 6.62. The minimum Gasteiger partial charge on any atom is -0.380 e. The van der Waals surface area contributed by atoms with Gasteiger partial charge in [0.2, 0.25) is 0 Å². The number of nitrogens with zero attached hydrogens (tertiary/aromatic N) is 1. The predicted molar refractivity (Wildman–Crippen MR) is 121 cm³/mol. The van der Waals surface area contributed by atoms with Gasteiger partial charge in [-0.25, -0.2) is 0 Å². The van der Waals surface area contributed by atoms with E-state index in [0.29, 0.717) is 28.3 Å². The average molecular weight is 422 g/mol. The van der Waals surface area contributed by atoms with Gasteiger partial charge in [0.1, 0.15) is 5.60 Å². The highest BCUT2D eigenvalue weighted by Gasteiger charge is 2.31. The highest BCUT2D eigenvalue weighted by atomic mass is 35.5. The molecule has 0 unspecified atom stereocenters. The van der Waals surface area contributed by atoms with Crippen molar-refractivity contribution in [1.29, 1.82) is 0 Å².